The molecule has 8 heteroatoms. The van der Waals surface area contributed by atoms with Gasteiger partial charge in [-0.05, 0) is 31.5 Å². The van der Waals surface area contributed by atoms with Gasteiger partial charge in [0.05, 0.1) is 23.0 Å². The van der Waals surface area contributed by atoms with Gasteiger partial charge in [0.25, 0.3) is 5.91 Å². The molecule has 2 amide bonds. The van der Waals surface area contributed by atoms with E-state index in [1.165, 1.54) is 4.90 Å². The molecule has 1 aromatic heterocycles. The molecule has 0 saturated heterocycles. The van der Waals surface area contributed by atoms with Crippen molar-refractivity contribution < 1.29 is 19.1 Å². The Morgan fingerprint density at radius 2 is 2.20 bits per heavy atom. The summed E-state index contributed by atoms with van der Waals surface area (Å²) in [7, 11) is 3.45. The molecular weight excluding hydrogens is 402 g/mol. The van der Waals surface area contributed by atoms with Gasteiger partial charge in [-0.2, -0.15) is 0 Å². The Morgan fingerprint density at radius 1 is 1.40 bits per heavy atom. The van der Waals surface area contributed by atoms with Gasteiger partial charge in [-0.15, -0.1) is 11.3 Å². The number of carbonyl (C=O) groups excluding carboxylic acids is 2. The molecule has 0 saturated carbocycles. The molecule has 0 spiro atoms. The highest BCUT2D eigenvalue weighted by Gasteiger charge is 2.33. The van der Waals surface area contributed by atoms with Gasteiger partial charge >= 0.3 is 0 Å². The second-order valence-electron chi connectivity index (χ2n) is 7.41. The van der Waals surface area contributed by atoms with Gasteiger partial charge in [0.15, 0.2) is 6.10 Å². The molecule has 3 rings (SSSR count). The number of thiazole rings is 1. The molecule has 7 nitrogen and oxygen atoms in total. The summed E-state index contributed by atoms with van der Waals surface area (Å²) in [6.45, 7) is 5.10. The smallest absolute Gasteiger partial charge is 0.268 e. The number of likely N-dealkylation sites (N-methyl/N-ethyl adjacent to an activating group) is 1. The highest BCUT2D eigenvalue weighted by atomic mass is 32.1. The number of nitrogens with zero attached hydrogens (tertiary/aromatic N) is 3. The molecule has 162 valence electrons. The number of hydrogen-bond donors (Lipinski definition) is 0. The zero-order valence-corrected chi connectivity index (χ0v) is 18.8. The van der Waals surface area contributed by atoms with E-state index in [2.05, 4.69) is 11.9 Å². The van der Waals surface area contributed by atoms with E-state index in [4.69, 9.17) is 9.47 Å². The first-order chi connectivity index (χ1) is 14.4. The fraction of sp³-hybridized carbons (Fsp3) is 0.500. The van der Waals surface area contributed by atoms with Crippen molar-refractivity contribution in [1.82, 2.24) is 9.88 Å². The second-order valence-corrected chi connectivity index (χ2v) is 8.35. The number of hydrogen-bond acceptors (Lipinski definition) is 6. The van der Waals surface area contributed by atoms with Crippen LogP contribution < -0.4 is 9.64 Å². The standard InChI is InChI=1S/C22H29N3O4S/c1-5-6-10-24(3)21(26)13-25-18-12-16(7-8-19(18)29-15(2)22(25)27)17-14-30-20(23-17)9-11-28-4/h7-8,12,14-15H,5-6,9-11,13H2,1-4H3. The topological polar surface area (TPSA) is 72.0 Å². The predicted octanol–water partition coefficient (Wildman–Crippen LogP) is 3.37. The molecule has 0 bridgehead atoms. The van der Waals surface area contributed by atoms with E-state index in [-0.39, 0.29) is 18.4 Å². The highest BCUT2D eigenvalue weighted by Crippen LogP contribution is 2.37. The summed E-state index contributed by atoms with van der Waals surface area (Å²) in [4.78, 5) is 33.4. The molecule has 1 aliphatic rings. The maximum Gasteiger partial charge on any atom is 0.268 e. The van der Waals surface area contributed by atoms with Crippen molar-refractivity contribution in [3.8, 4) is 17.0 Å². The fourth-order valence-electron chi connectivity index (χ4n) is 3.25. The van der Waals surface area contributed by atoms with Crippen LogP contribution in [-0.2, 0) is 20.7 Å². The third kappa shape index (κ3) is 4.99. The molecule has 0 fully saturated rings. The van der Waals surface area contributed by atoms with Crippen molar-refractivity contribution in [1.29, 1.82) is 0 Å². The summed E-state index contributed by atoms with van der Waals surface area (Å²) in [6, 6.07) is 5.66. The van der Waals surface area contributed by atoms with Gasteiger partial charge in [0.2, 0.25) is 5.91 Å². The Balaban J connectivity index is 1.86. The molecule has 2 aromatic rings. The molecule has 1 aromatic carbocycles. The van der Waals surface area contributed by atoms with Crippen molar-refractivity contribution in [3.05, 3.63) is 28.6 Å². The molecule has 0 N–H and O–H groups in total. The van der Waals surface area contributed by atoms with E-state index in [1.807, 2.05) is 23.6 Å². The highest BCUT2D eigenvalue weighted by molar-refractivity contribution is 7.09. The van der Waals surface area contributed by atoms with Crippen molar-refractivity contribution in [3.63, 3.8) is 0 Å². The van der Waals surface area contributed by atoms with Crippen LogP contribution in [0.15, 0.2) is 23.6 Å². The van der Waals surface area contributed by atoms with Gasteiger partial charge in [-0.25, -0.2) is 4.98 Å². The predicted molar refractivity (Wildman–Crippen MR) is 118 cm³/mol. The molecule has 1 atom stereocenters. The number of carbonyl (C=O) groups is 2. The number of rotatable bonds is 9. The number of methoxy groups -OCH3 is 1. The van der Waals surface area contributed by atoms with Crippen LogP contribution in [0, 0.1) is 0 Å². The van der Waals surface area contributed by atoms with Gasteiger partial charge < -0.3 is 14.4 Å². The largest absolute Gasteiger partial charge is 0.479 e. The van der Waals surface area contributed by atoms with Crippen LogP contribution in [0.1, 0.15) is 31.7 Å². The summed E-state index contributed by atoms with van der Waals surface area (Å²) in [5.41, 5.74) is 2.34. The van der Waals surface area contributed by atoms with Crippen LogP contribution >= 0.6 is 11.3 Å². The quantitative estimate of drug-likeness (QED) is 0.609. The van der Waals surface area contributed by atoms with Crippen molar-refractivity contribution >= 4 is 28.8 Å². The monoisotopic (exact) mass is 431 g/mol. The average molecular weight is 432 g/mol. The van der Waals surface area contributed by atoms with E-state index in [9.17, 15) is 9.59 Å². The minimum absolute atomic E-state index is 0.000640. The Labute approximate surface area is 181 Å². The number of benzene rings is 1. The summed E-state index contributed by atoms with van der Waals surface area (Å²) in [5.74, 6) is 0.304. The third-order valence-corrected chi connectivity index (χ3v) is 6.01. The normalized spacial score (nSPS) is 15.7. The van der Waals surface area contributed by atoms with E-state index >= 15 is 0 Å². The van der Waals surface area contributed by atoms with E-state index in [0.29, 0.717) is 24.6 Å². The van der Waals surface area contributed by atoms with E-state index in [0.717, 1.165) is 35.5 Å². The fourth-order valence-corrected chi connectivity index (χ4v) is 4.04. The lowest BCUT2D eigenvalue weighted by atomic mass is 10.1. The number of aromatic nitrogens is 1. The number of fused-ring (bicyclic) bond motifs is 1. The number of amides is 2. The van der Waals surface area contributed by atoms with Crippen LogP contribution in [0.3, 0.4) is 0 Å². The molecule has 2 heterocycles. The first-order valence-electron chi connectivity index (χ1n) is 10.2. The minimum Gasteiger partial charge on any atom is -0.479 e. The lowest BCUT2D eigenvalue weighted by molar-refractivity contribution is -0.132. The van der Waals surface area contributed by atoms with Crippen LogP contribution in [0.25, 0.3) is 11.3 Å². The first-order valence-corrected chi connectivity index (χ1v) is 11.1. The molecule has 0 radical (unpaired) electrons. The average Bonchev–Trinajstić information content (AvgIpc) is 3.22. The first kappa shape index (κ1) is 22.2. The molecule has 0 aliphatic carbocycles. The zero-order valence-electron chi connectivity index (χ0n) is 18.0. The Morgan fingerprint density at radius 3 is 2.93 bits per heavy atom. The van der Waals surface area contributed by atoms with E-state index < -0.39 is 6.10 Å². The number of unbranched alkanes of at least 4 members (excludes halogenated alkanes) is 1. The molecule has 1 unspecified atom stereocenters. The summed E-state index contributed by atoms with van der Waals surface area (Å²) < 4.78 is 10.9. The van der Waals surface area contributed by atoms with Crippen LogP contribution in [0.4, 0.5) is 5.69 Å². The maximum absolute atomic E-state index is 12.8. The molecular formula is C22H29N3O4S. The van der Waals surface area contributed by atoms with E-state index in [1.54, 1.807) is 37.3 Å². The van der Waals surface area contributed by atoms with Crippen molar-refractivity contribution in [2.24, 2.45) is 0 Å². The molecule has 30 heavy (non-hydrogen) atoms. The lowest BCUT2D eigenvalue weighted by Crippen LogP contribution is -2.49. The summed E-state index contributed by atoms with van der Waals surface area (Å²) >= 11 is 1.58. The van der Waals surface area contributed by atoms with Crippen molar-refractivity contribution in [2.75, 3.05) is 38.8 Å². The SMILES string of the molecule is CCCCN(C)C(=O)CN1C(=O)C(C)Oc2ccc(-c3csc(CCOC)n3)cc21. The second kappa shape index (κ2) is 10.0. The summed E-state index contributed by atoms with van der Waals surface area (Å²) in [5, 5.41) is 2.99. The number of ether oxygens (including phenoxy) is 2. The Kier molecular flexibility index (Phi) is 7.44. The summed E-state index contributed by atoms with van der Waals surface area (Å²) in [6.07, 6.45) is 2.08. The van der Waals surface area contributed by atoms with Gasteiger partial charge in [0.1, 0.15) is 12.3 Å². The van der Waals surface area contributed by atoms with Gasteiger partial charge in [-0.3, -0.25) is 14.5 Å². The third-order valence-electron chi connectivity index (χ3n) is 5.10. The number of anilines is 1. The minimum atomic E-state index is -0.628. The van der Waals surface area contributed by atoms with Crippen LogP contribution in [0.5, 0.6) is 5.75 Å². The Bertz CT molecular complexity index is 898. The van der Waals surface area contributed by atoms with Crippen LogP contribution in [0.2, 0.25) is 0 Å². The zero-order chi connectivity index (χ0) is 21.7. The van der Waals surface area contributed by atoms with Gasteiger partial charge in [-0.1, -0.05) is 13.3 Å². The maximum atomic E-state index is 12.8. The van der Waals surface area contributed by atoms with Crippen molar-refractivity contribution in [2.45, 2.75) is 39.2 Å². The van der Waals surface area contributed by atoms with Crippen LogP contribution in [-0.4, -0.2) is 61.7 Å². The molecule has 1 aliphatic heterocycles. The lowest BCUT2D eigenvalue weighted by Gasteiger charge is -2.33. The Hall–Kier alpha value is -2.45. The van der Waals surface area contributed by atoms with Gasteiger partial charge in [0, 0.05) is 38.1 Å².